The van der Waals surface area contributed by atoms with Crippen LogP contribution in [0.25, 0.3) is 27.5 Å². The quantitative estimate of drug-likeness (QED) is 0.243. The number of benzene rings is 4. The number of anilines is 2. The van der Waals surface area contributed by atoms with Crippen molar-refractivity contribution in [1.82, 2.24) is 4.57 Å². The van der Waals surface area contributed by atoms with Crippen LogP contribution in [-0.4, -0.2) is 4.57 Å². The minimum Gasteiger partial charge on any atom is -0.314 e. The van der Waals surface area contributed by atoms with Gasteiger partial charge in [-0.2, -0.15) is 0 Å². The van der Waals surface area contributed by atoms with Crippen molar-refractivity contribution in [3.8, 4) is 11.8 Å². The number of hydrogen-bond donors (Lipinski definition) is 0. The summed E-state index contributed by atoms with van der Waals surface area (Å²) in [6.45, 7) is 0. The van der Waals surface area contributed by atoms with Gasteiger partial charge in [0.05, 0.1) is 11.0 Å². The summed E-state index contributed by atoms with van der Waals surface area (Å²) in [5, 5.41) is 2.60. The molecule has 0 saturated carbocycles. The van der Waals surface area contributed by atoms with Crippen LogP contribution in [0, 0.1) is 11.8 Å². The molecule has 0 fully saturated rings. The van der Waals surface area contributed by atoms with Crippen molar-refractivity contribution in [2.24, 2.45) is 0 Å². The van der Waals surface area contributed by atoms with Crippen LogP contribution in [0.4, 0.5) is 11.4 Å². The molecule has 172 valence electrons. The summed E-state index contributed by atoms with van der Waals surface area (Å²) in [7, 11) is 0. The summed E-state index contributed by atoms with van der Waals surface area (Å²) < 4.78 is 2.48. The first-order valence-corrected chi connectivity index (χ1v) is 12.7. The molecule has 2 heteroatoms. The van der Waals surface area contributed by atoms with Crippen molar-refractivity contribution >= 4 is 38.9 Å². The molecule has 1 aromatic heterocycles. The van der Waals surface area contributed by atoms with Crippen LogP contribution in [-0.2, 0) is 6.42 Å². The molecule has 2 aliphatic rings. The van der Waals surface area contributed by atoms with Gasteiger partial charge in [0, 0.05) is 45.5 Å². The molecular weight excluding hydrogens is 436 g/mol. The monoisotopic (exact) mass is 462 g/mol. The molecule has 0 spiro atoms. The van der Waals surface area contributed by atoms with Gasteiger partial charge in [0.2, 0.25) is 0 Å². The first-order valence-electron chi connectivity index (χ1n) is 12.7. The lowest BCUT2D eigenvalue weighted by Crippen LogP contribution is -2.18. The van der Waals surface area contributed by atoms with Crippen molar-refractivity contribution in [1.29, 1.82) is 0 Å². The van der Waals surface area contributed by atoms with Gasteiger partial charge in [-0.05, 0) is 79.4 Å². The minimum absolute atomic E-state index is 0.947. The SMILES string of the molecule is C1#Cc2cc3c4ccccc4n(C4=CC=C(N(c5ccccc5)c5ccccc5)CC4)c3cc2CC1. The Hall–Kier alpha value is -4.48. The first-order chi connectivity index (χ1) is 17.9. The van der Waals surface area contributed by atoms with E-state index < -0.39 is 0 Å². The summed E-state index contributed by atoms with van der Waals surface area (Å²) in [4.78, 5) is 2.38. The fourth-order valence-electron chi connectivity index (χ4n) is 5.67. The van der Waals surface area contributed by atoms with Gasteiger partial charge in [0.25, 0.3) is 0 Å². The summed E-state index contributed by atoms with van der Waals surface area (Å²) in [5.41, 5.74) is 10.2. The maximum absolute atomic E-state index is 3.37. The fourth-order valence-corrected chi connectivity index (χ4v) is 5.67. The van der Waals surface area contributed by atoms with Crippen molar-refractivity contribution in [2.75, 3.05) is 4.90 Å². The zero-order chi connectivity index (χ0) is 23.9. The van der Waals surface area contributed by atoms with Crippen LogP contribution >= 0.6 is 0 Å². The summed E-state index contributed by atoms with van der Waals surface area (Å²) in [6.07, 6.45) is 8.56. The highest BCUT2D eigenvalue weighted by atomic mass is 15.1. The molecular formula is C34H26N2. The minimum atomic E-state index is 0.947. The van der Waals surface area contributed by atoms with Crippen LogP contribution in [0.15, 0.2) is 115 Å². The van der Waals surface area contributed by atoms with Crippen LogP contribution in [0.1, 0.15) is 30.4 Å². The van der Waals surface area contributed by atoms with E-state index in [-0.39, 0.29) is 0 Å². The Kier molecular flexibility index (Phi) is 5.00. The molecule has 5 aromatic rings. The van der Waals surface area contributed by atoms with Gasteiger partial charge in [-0.1, -0.05) is 66.4 Å². The van der Waals surface area contributed by atoms with E-state index in [0.29, 0.717) is 0 Å². The van der Waals surface area contributed by atoms with Gasteiger partial charge in [0.15, 0.2) is 0 Å². The lowest BCUT2D eigenvalue weighted by molar-refractivity contribution is 0.894. The molecule has 7 rings (SSSR count). The highest BCUT2D eigenvalue weighted by Crippen LogP contribution is 2.39. The summed E-state index contributed by atoms with van der Waals surface area (Å²) >= 11 is 0. The molecule has 0 aliphatic heterocycles. The Labute approximate surface area is 211 Å². The van der Waals surface area contributed by atoms with Gasteiger partial charge >= 0.3 is 0 Å². The second-order valence-electron chi connectivity index (χ2n) is 9.50. The second-order valence-corrected chi connectivity index (χ2v) is 9.50. The zero-order valence-corrected chi connectivity index (χ0v) is 20.1. The first kappa shape index (κ1) is 20.9. The van der Waals surface area contributed by atoms with Crippen LogP contribution in [0.2, 0.25) is 0 Å². The van der Waals surface area contributed by atoms with Crippen molar-refractivity contribution in [3.63, 3.8) is 0 Å². The van der Waals surface area contributed by atoms with Gasteiger partial charge < -0.3 is 9.47 Å². The van der Waals surface area contributed by atoms with E-state index in [4.69, 9.17) is 0 Å². The van der Waals surface area contributed by atoms with Crippen LogP contribution in [0.3, 0.4) is 0 Å². The largest absolute Gasteiger partial charge is 0.314 e. The number of aryl methyl sites for hydroxylation is 1. The molecule has 0 radical (unpaired) electrons. The molecule has 1 heterocycles. The highest BCUT2D eigenvalue weighted by Gasteiger charge is 2.21. The number of hydrogen-bond acceptors (Lipinski definition) is 1. The number of allylic oxidation sites excluding steroid dienone is 4. The summed E-state index contributed by atoms with van der Waals surface area (Å²) in [5.74, 6) is 6.65. The second kappa shape index (κ2) is 8.63. The number of aromatic nitrogens is 1. The number of para-hydroxylation sites is 3. The number of fused-ring (bicyclic) bond motifs is 4. The van der Waals surface area contributed by atoms with E-state index in [1.165, 1.54) is 55.7 Å². The molecule has 0 saturated heterocycles. The maximum Gasteiger partial charge on any atom is 0.0541 e. The number of nitrogens with zero attached hydrogens (tertiary/aromatic N) is 2. The molecule has 2 nitrogen and oxygen atoms in total. The Bertz CT molecular complexity index is 1680. The van der Waals surface area contributed by atoms with Crippen LogP contribution in [0.5, 0.6) is 0 Å². The van der Waals surface area contributed by atoms with E-state index in [2.05, 4.69) is 131 Å². The van der Waals surface area contributed by atoms with E-state index in [0.717, 1.165) is 25.7 Å². The topological polar surface area (TPSA) is 8.17 Å². The van der Waals surface area contributed by atoms with E-state index in [1.807, 2.05) is 0 Å². The predicted octanol–water partition coefficient (Wildman–Crippen LogP) is 8.45. The third-order valence-corrected chi connectivity index (χ3v) is 7.35. The standard InChI is InChI=1S/C34H26N2/c1-3-13-27(14-4-1)35(28-15-5-2-6-16-28)29-19-21-30(22-20-29)36-33-18-10-9-17-31(33)32-23-25-11-7-8-12-26(25)24-34(32)36/h1-6,9-10,13-19,21,23-24H,8,12,20,22H2. The molecule has 0 N–H and O–H groups in total. The molecule has 0 unspecified atom stereocenters. The lowest BCUT2D eigenvalue weighted by Gasteiger charge is -2.30. The van der Waals surface area contributed by atoms with E-state index in [1.54, 1.807) is 0 Å². The Balaban J connectivity index is 1.38. The fraction of sp³-hybridized carbons (Fsp3) is 0.118. The highest BCUT2D eigenvalue weighted by molar-refractivity contribution is 6.10. The van der Waals surface area contributed by atoms with Crippen molar-refractivity contribution in [2.45, 2.75) is 25.7 Å². The predicted molar refractivity (Wildman–Crippen MR) is 151 cm³/mol. The average Bonchev–Trinajstić information content (AvgIpc) is 3.27. The molecule has 4 aromatic carbocycles. The Morgan fingerprint density at radius 3 is 2.08 bits per heavy atom. The van der Waals surface area contributed by atoms with Gasteiger partial charge in [-0.15, -0.1) is 0 Å². The Morgan fingerprint density at radius 1 is 0.639 bits per heavy atom. The summed E-state index contributed by atoms with van der Waals surface area (Å²) in [6, 6.07) is 34.8. The zero-order valence-electron chi connectivity index (χ0n) is 20.1. The molecule has 0 atom stereocenters. The average molecular weight is 463 g/mol. The lowest BCUT2D eigenvalue weighted by atomic mass is 9.97. The van der Waals surface area contributed by atoms with E-state index >= 15 is 0 Å². The maximum atomic E-state index is 3.37. The van der Waals surface area contributed by atoms with Gasteiger partial charge in [0.1, 0.15) is 0 Å². The third kappa shape index (κ3) is 3.44. The van der Waals surface area contributed by atoms with Crippen molar-refractivity contribution < 1.29 is 0 Å². The van der Waals surface area contributed by atoms with Crippen LogP contribution < -0.4 is 4.90 Å². The number of rotatable bonds is 4. The molecule has 2 aliphatic carbocycles. The van der Waals surface area contributed by atoms with Gasteiger partial charge in [-0.25, -0.2) is 0 Å². The normalized spacial score (nSPS) is 14.6. The van der Waals surface area contributed by atoms with Gasteiger partial charge in [-0.3, -0.25) is 0 Å². The molecule has 0 bridgehead atoms. The van der Waals surface area contributed by atoms with Crippen molar-refractivity contribution in [3.05, 3.63) is 126 Å². The third-order valence-electron chi connectivity index (χ3n) is 7.35. The molecule has 0 amide bonds. The molecule has 36 heavy (non-hydrogen) atoms. The van der Waals surface area contributed by atoms with E-state index in [9.17, 15) is 0 Å². The smallest absolute Gasteiger partial charge is 0.0541 e. The Morgan fingerprint density at radius 2 is 1.36 bits per heavy atom.